The molecule has 0 saturated heterocycles. The maximum absolute atomic E-state index is 14.2. The summed E-state index contributed by atoms with van der Waals surface area (Å²) < 4.78 is 19.5. The van der Waals surface area contributed by atoms with Gasteiger partial charge in [-0.2, -0.15) is 5.10 Å². The van der Waals surface area contributed by atoms with Crippen molar-refractivity contribution in [2.75, 3.05) is 12.4 Å². The second kappa shape index (κ2) is 9.36. The van der Waals surface area contributed by atoms with E-state index in [-0.39, 0.29) is 5.91 Å². The minimum absolute atomic E-state index is 0.0933. The zero-order chi connectivity index (χ0) is 26.2. The van der Waals surface area contributed by atoms with E-state index in [2.05, 4.69) is 40.4 Å². The van der Waals surface area contributed by atoms with E-state index in [1.54, 1.807) is 43.8 Å². The highest BCUT2D eigenvalue weighted by Crippen LogP contribution is 2.33. The number of fused-ring (bicyclic) bond motifs is 2. The lowest BCUT2D eigenvalue weighted by Gasteiger charge is -2.06. The highest BCUT2D eigenvalue weighted by atomic mass is 19.1. The van der Waals surface area contributed by atoms with Crippen LogP contribution in [0.2, 0.25) is 0 Å². The number of nitrogens with zero attached hydrogens (tertiary/aromatic N) is 5. The van der Waals surface area contributed by atoms with Gasteiger partial charge in [-0.05, 0) is 35.9 Å². The Balaban J connectivity index is 1.43. The van der Waals surface area contributed by atoms with Crippen molar-refractivity contribution >= 4 is 33.8 Å². The van der Waals surface area contributed by atoms with E-state index in [1.807, 2.05) is 12.1 Å². The number of ether oxygens (including phenoxy) is 1. The largest absolute Gasteiger partial charge is 0.497 e. The van der Waals surface area contributed by atoms with Gasteiger partial charge >= 0.3 is 0 Å². The molecule has 0 fully saturated rings. The zero-order valence-corrected chi connectivity index (χ0v) is 20.4. The van der Waals surface area contributed by atoms with E-state index in [1.165, 1.54) is 19.2 Å². The molecule has 0 radical (unpaired) electrons. The van der Waals surface area contributed by atoms with Crippen LogP contribution in [0.25, 0.3) is 56.0 Å². The molecule has 1 aromatic carbocycles. The van der Waals surface area contributed by atoms with Crippen LogP contribution in [0.4, 0.5) is 10.1 Å². The van der Waals surface area contributed by atoms with Gasteiger partial charge in [0, 0.05) is 47.8 Å². The van der Waals surface area contributed by atoms with E-state index in [9.17, 15) is 9.18 Å². The Morgan fingerprint density at radius 3 is 2.74 bits per heavy atom. The van der Waals surface area contributed by atoms with E-state index in [4.69, 9.17) is 4.74 Å². The summed E-state index contributed by atoms with van der Waals surface area (Å²) in [5.74, 6) is 0.418. The first-order valence-corrected chi connectivity index (χ1v) is 11.8. The second-order valence-electron chi connectivity index (χ2n) is 8.58. The molecule has 0 saturated carbocycles. The molecule has 5 heterocycles. The Bertz CT molecular complexity index is 1830. The number of imidazole rings is 1. The third-order valence-electron chi connectivity index (χ3n) is 6.13. The van der Waals surface area contributed by atoms with Gasteiger partial charge in [-0.15, -0.1) is 0 Å². The number of methoxy groups -OCH3 is 1. The molecule has 1 amide bonds. The van der Waals surface area contributed by atoms with Crippen LogP contribution in [0.15, 0.2) is 61.2 Å². The Labute approximate surface area is 215 Å². The Kier molecular flexibility index (Phi) is 5.72. The molecule has 0 aliphatic heterocycles. The number of anilines is 1. The fourth-order valence-electron chi connectivity index (χ4n) is 4.26. The molecule has 10 nitrogen and oxygen atoms in total. The van der Waals surface area contributed by atoms with Gasteiger partial charge in [0.1, 0.15) is 17.3 Å². The Morgan fingerprint density at radius 1 is 1.03 bits per heavy atom. The number of H-pyrrole nitrogens is 2. The van der Waals surface area contributed by atoms with Crippen LogP contribution in [0.3, 0.4) is 0 Å². The molecule has 0 bridgehead atoms. The first-order valence-electron chi connectivity index (χ1n) is 11.8. The first-order chi connectivity index (χ1) is 18.5. The Morgan fingerprint density at radius 2 is 1.89 bits per heavy atom. The average Bonchev–Trinajstić information content (AvgIpc) is 3.56. The van der Waals surface area contributed by atoms with E-state index in [0.29, 0.717) is 51.8 Å². The summed E-state index contributed by atoms with van der Waals surface area (Å²) >= 11 is 0. The molecule has 5 aromatic heterocycles. The van der Waals surface area contributed by atoms with E-state index in [0.717, 1.165) is 22.1 Å². The number of rotatable bonds is 6. The van der Waals surface area contributed by atoms with Crippen molar-refractivity contribution in [3.63, 3.8) is 0 Å². The number of hydrogen-bond acceptors (Lipinski definition) is 7. The number of halogens is 1. The van der Waals surface area contributed by atoms with E-state index < -0.39 is 5.82 Å². The van der Waals surface area contributed by atoms with Gasteiger partial charge in [0.15, 0.2) is 17.1 Å². The number of benzene rings is 1. The summed E-state index contributed by atoms with van der Waals surface area (Å²) in [4.78, 5) is 32.9. The lowest BCUT2D eigenvalue weighted by atomic mass is 10.1. The predicted octanol–water partition coefficient (Wildman–Crippen LogP) is 5.12. The molecular weight excluding hydrogens is 487 g/mol. The number of hydrogen-bond donors (Lipinski definition) is 3. The molecule has 11 heteroatoms. The molecule has 0 spiro atoms. The SMILES string of the molecule is CCC(=O)Nc1cncc(-c2cnc3n[nH]c(-c4nc5nccc(-c6cc(F)cc(OC)c6)c5[nH]4)c3c2)c1. The lowest BCUT2D eigenvalue weighted by Crippen LogP contribution is -2.09. The first kappa shape index (κ1) is 23.2. The zero-order valence-electron chi connectivity index (χ0n) is 20.4. The number of carbonyl (C=O) groups excluding carboxylic acids is 1. The smallest absolute Gasteiger partial charge is 0.224 e. The summed E-state index contributed by atoms with van der Waals surface area (Å²) in [6.45, 7) is 1.79. The summed E-state index contributed by atoms with van der Waals surface area (Å²) in [5, 5.41) is 10.9. The predicted molar refractivity (Wildman–Crippen MR) is 141 cm³/mol. The average molecular weight is 509 g/mol. The minimum atomic E-state index is -0.407. The molecule has 3 N–H and O–H groups in total. The van der Waals surface area contributed by atoms with Crippen LogP contribution in [0.1, 0.15) is 13.3 Å². The maximum Gasteiger partial charge on any atom is 0.224 e. The highest BCUT2D eigenvalue weighted by Gasteiger charge is 2.17. The molecule has 6 rings (SSSR count). The van der Waals surface area contributed by atoms with Crippen molar-refractivity contribution in [3.05, 3.63) is 67.0 Å². The third kappa shape index (κ3) is 4.19. The third-order valence-corrected chi connectivity index (χ3v) is 6.13. The molecule has 0 unspecified atom stereocenters. The molecule has 0 atom stereocenters. The molecule has 0 aliphatic rings. The van der Waals surface area contributed by atoms with Crippen LogP contribution < -0.4 is 10.1 Å². The molecule has 38 heavy (non-hydrogen) atoms. The van der Waals surface area contributed by atoms with Crippen molar-refractivity contribution < 1.29 is 13.9 Å². The fraction of sp³-hybridized carbons (Fsp3) is 0.111. The molecular formula is C27H21FN8O2. The fourth-order valence-corrected chi connectivity index (χ4v) is 4.26. The number of pyridine rings is 3. The Hall–Kier alpha value is -5.19. The highest BCUT2D eigenvalue weighted by molar-refractivity contribution is 5.96. The monoisotopic (exact) mass is 508 g/mol. The molecule has 188 valence electrons. The van der Waals surface area contributed by atoms with Gasteiger partial charge in [0.2, 0.25) is 5.91 Å². The van der Waals surface area contributed by atoms with Gasteiger partial charge in [0.25, 0.3) is 0 Å². The number of amides is 1. The van der Waals surface area contributed by atoms with Crippen LogP contribution in [0, 0.1) is 5.82 Å². The van der Waals surface area contributed by atoms with Crippen LogP contribution in [-0.2, 0) is 4.79 Å². The van der Waals surface area contributed by atoms with Gasteiger partial charge in [-0.3, -0.25) is 14.9 Å². The van der Waals surface area contributed by atoms with Gasteiger partial charge in [-0.25, -0.2) is 19.3 Å². The van der Waals surface area contributed by atoms with Crippen LogP contribution in [0.5, 0.6) is 5.75 Å². The molecule has 0 aliphatic carbocycles. The topological polar surface area (TPSA) is 134 Å². The van der Waals surface area contributed by atoms with E-state index >= 15 is 0 Å². The molecule has 6 aromatic rings. The number of carbonyl (C=O) groups is 1. The maximum atomic E-state index is 14.2. The van der Waals surface area contributed by atoms with Crippen molar-refractivity contribution in [2.24, 2.45) is 0 Å². The van der Waals surface area contributed by atoms with Crippen molar-refractivity contribution in [2.45, 2.75) is 13.3 Å². The lowest BCUT2D eigenvalue weighted by molar-refractivity contribution is -0.115. The number of nitrogens with one attached hydrogen (secondary N) is 3. The van der Waals surface area contributed by atoms with Crippen molar-refractivity contribution in [1.82, 2.24) is 35.1 Å². The minimum Gasteiger partial charge on any atom is -0.497 e. The van der Waals surface area contributed by atoms with Gasteiger partial charge in [0.05, 0.1) is 29.9 Å². The van der Waals surface area contributed by atoms with Gasteiger partial charge in [-0.1, -0.05) is 6.92 Å². The normalized spacial score (nSPS) is 11.2. The van der Waals surface area contributed by atoms with Crippen molar-refractivity contribution in [1.29, 1.82) is 0 Å². The number of aromatic amines is 2. The quantitative estimate of drug-likeness (QED) is 0.284. The summed E-state index contributed by atoms with van der Waals surface area (Å²) in [7, 11) is 1.49. The van der Waals surface area contributed by atoms with Gasteiger partial charge < -0.3 is 15.0 Å². The van der Waals surface area contributed by atoms with Crippen LogP contribution in [-0.4, -0.2) is 48.1 Å². The standard InChI is InChI=1S/C27H21FN8O2/c1-3-22(37)32-18-7-15(11-29-13-18)16-9-21-24(35-36-25(21)31-12-16)27-33-23-20(4-5-30-26(23)34-27)14-6-17(28)10-19(8-14)38-2/h4-13H,3H2,1-2H3,(H,32,37)(H,30,33,34)(H,31,35,36). The second-order valence-corrected chi connectivity index (χ2v) is 8.58. The van der Waals surface area contributed by atoms with Crippen molar-refractivity contribution in [3.8, 4) is 39.5 Å². The summed E-state index contributed by atoms with van der Waals surface area (Å²) in [6, 6.07) is 10.1. The summed E-state index contributed by atoms with van der Waals surface area (Å²) in [5.41, 5.74) is 5.79. The number of aromatic nitrogens is 7. The summed E-state index contributed by atoms with van der Waals surface area (Å²) in [6.07, 6.45) is 7.00. The van der Waals surface area contributed by atoms with Crippen LogP contribution >= 0.6 is 0 Å².